The maximum absolute atomic E-state index is 13.3. The number of amides is 1. The van der Waals surface area contributed by atoms with Crippen LogP contribution in [0.2, 0.25) is 0 Å². The van der Waals surface area contributed by atoms with Crippen molar-refractivity contribution in [2.24, 2.45) is 0 Å². The molecule has 1 atom stereocenters. The molecule has 2 N–H and O–H groups in total. The monoisotopic (exact) mass is 355 g/mol. The fraction of sp³-hybridized carbons (Fsp3) is 0.211. The predicted octanol–water partition coefficient (Wildman–Crippen LogP) is 3.62. The van der Waals surface area contributed by atoms with Crippen molar-refractivity contribution < 1.29 is 18.7 Å². The Morgan fingerprint density at radius 3 is 2.81 bits per heavy atom. The number of methoxy groups -OCH3 is 1. The third kappa shape index (κ3) is 3.72. The minimum absolute atomic E-state index is 0.131. The average Bonchev–Trinajstić information content (AvgIpc) is 3.04. The number of anilines is 1. The van der Waals surface area contributed by atoms with Gasteiger partial charge in [-0.3, -0.25) is 9.89 Å². The van der Waals surface area contributed by atoms with E-state index in [2.05, 4.69) is 15.5 Å². The molecule has 0 saturated heterocycles. The summed E-state index contributed by atoms with van der Waals surface area (Å²) in [6, 6.07) is 11.3. The van der Waals surface area contributed by atoms with E-state index in [1.807, 2.05) is 6.92 Å². The molecule has 0 spiro atoms. The van der Waals surface area contributed by atoms with Crippen LogP contribution < -0.4 is 5.32 Å². The van der Waals surface area contributed by atoms with Gasteiger partial charge in [0.2, 0.25) is 5.91 Å². The lowest BCUT2D eigenvalue weighted by Crippen LogP contribution is -2.14. The van der Waals surface area contributed by atoms with Crippen LogP contribution in [-0.4, -0.2) is 29.2 Å². The van der Waals surface area contributed by atoms with E-state index < -0.39 is 5.97 Å². The number of hydrogen-bond donors (Lipinski definition) is 2. The molecule has 6 nitrogen and oxygen atoms in total. The molecule has 3 rings (SSSR count). The van der Waals surface area contributed by atoms with Gasteiger partial charge in [0, 0.05) is 17.5 Å². The van der Waals surface area contributed by atoms with Gasteiger partial charge in [-0.2, -0.15) is 5.10 Å². The number of esters is 1. The molecule has 0 saturated carbocycles. The van der Waals surface area contributed by atoms with Crippen molar-refractivity contribution in [2.75, 3.05) is 12.4 Å². The third-order valence-corrected chi connectivity index (χ3v) is 4.13. The number of fused-ring (bicyclic) bond motifs is 1. The van der Waals surface area contributed by atoms with Gasteiger partial charge in [0.25, 0.3) is 0 Å². The highest BCUT2D eigenvalue weighted by Gasteiger charge is 2.16. The number of nitrogens with zero attached hydrogens (tertiary/aromatic N) is 1. The molecule has 2 aromatic carbocycles. The number of rotatable bonds is 5. The maximum Gasteiger partial charge on any atom is 0.359 e. The molecule has 1 heterocycles. The van der Waals surface area contributed by atoms with Crippen LogP contribution in [0.25, 0.3) is 10.9 Å². The van der Waals surface area contributed by atoms with Crippen LogP contribution in [-0.2, 0) is 9.53 Å². The van der Waals surface area contributed by atoms with Gasteiger partial charge >= 0.3 is 5.97 Å². The minimum Gasteiger partial charge on any atom is -0.464 e. The number of ether oxygens (including phenoxy) is 1. The summed E-state index contributed by atoms with van der Waals surface area (Å²) in [6.07, 6.45) is 0.205. The summed E-state index contributed by atoms with van der Waals surface area (Å²) in [5.41, 5.74) is 2.13. The Balaban J connectivity index is 1.73. The van der Waals surface area contributed by atoms with Crippen molar-refractivity contribution in [3.05, 3.63) is 59.5 Å². The van der Waals surface area contributed by atoms with E-state index in [1.165, 1.54) is 19.2 Å². The summed E-state index contributed by atoms with van der Waals surface area (Å²) in [4.78, 5) is 24.0. The normalized spacial score (nSPS) is 12.0. The number of carbonyl (C=O) groups is 2. The summed E-state index contributed by atoms with van der Waals surface area (Å²) in [6.45, 7) is 1.86. The van der Waals surface area contributed by atoms with Crippen LogP contribution in [0.1, 0.15) is 35.3 Å². The first-order chi connectivity index (χ1) is 12.5. The van der Waals surface area contributed by atoms with Gasteiger partial charge in [-0.05, 0) is 41.8 Å². The van der Waals surface area contributed by atoms with Gasteiger partial charge in [0.05, 0.1) is 12.6 Å². The van der Waals surface area contributed by atoms with Crippen molar-refractivity contribution >= 4 is 28.5 Å². The Labute approximate surface area is 149 Å². The first-order valence-corrected chi connectivity index (χ1v) is 8.09. The zero-order chi connectivity index (χ0) is 18.7. The third-order valence-electron chi connectivity index (χ3n) is 4.13. The first kappa shape index (κ1) is 17.6. The summed E-state index contributed by atoms with van der Waals surface area (Å²) < 4.78 is 18.0. The van der Waals surface area contributed by atoms with Crippen LogP contribution in [0.5, 0.6) is 0 Å². The standard InChI is InChI=1S/C19H18FN3O3/c1-11(12-4-3-5-13(20)9-12)8-17(24)21-14-6-7-16-15(10-14)18(23-22-16)19(25)26-2/h3-7,9-11H,8H2,1-2H3,(H,21,24)(H,22,23). The lowest BCUT2D eigenvalue weighted by Gasteiger charge is -2.12. The molecule has 1 unspecified atom stereocenters. The lowest BCUT2D eigenvalue weighted by atomic mass is 9.97. The van der Waals surface area contributed by atoms with Gasteiger partial charge in [-0.15, -0.1) is 0 Å². The van der Waals surface area contributed by atoms with E-state index in [-0.39, 0.29) is 29.8 Å². The van der Waals surface area contributed by atoms with E-state index in [4.69, 9.17) is 4.74 Å². The Kier molecular flexibility index (Phi) is 4.97. The number of nitrogens with one attached hydrogen (secondary N) is 2. The van der Waals surface area contributed by atoms with E-state index in [0.717, 1.165) is 5.56 Å². The number of halogens is 1. The summed E-state index contributed by atoms with van der Waals surface area (Å²) in [5.74, 6) is -1.21. The Bertz CT molecular complexity index is 968. The molecule has 0 radical (unpaired) electrons. The zero-order valence-corrected chi connectivity index (χ0v) is 14.4. The number of benzene rings is 2. The van der Waals surface area contributed by atoms with Gasteiger partial charge < -0.3 is 10.1 Å². The molecule has 3 aromatic rings. The van der Waals surface area contributed by atoms with Crippen molar-refractivity contribution in [3.63, 3.8) is 0 Å². The average molecular weight is 355 g/mol. The number of H-pyrrole nitrogens is 1. The molecular weight excluding hydrogens is 337 g/mol. The van der Waals surface area contributed by atoms with Crippen molar-refractivity contribution in [1.29, 1.82) is 0 Å². The second-order valence-corrected chi connectivity index (χ2v) is 6.03. The summed E-state index contributed by atoms with van der Waals surface area (Å²) in [5, 5.41) is 10.0. The quantitative estimate of drug-likeness (QED) is 0.685. The number of hydrogen-bond acceptors (Lipinski definition) is 4. The summed E-state index contributed by atoms with van der Waals surface area (Å²) >= 11 is 0. The van der Waals surface area contributed by atoms with E-state index in [0.29, 0.717) is 16.6 Å². The highest BCUT2D eigenvalue weighted by Crippen LogP contribution is 2.23. The fourth-order valence-corrected chi connectivity index (χ4v) is 2.77. The number of aromatic amines is 1. The zero-order valence-electron chi connectivity index (χ0n) is 14.4. The Morgan fingerprint density at radius 2 is 2.08 bits per heavy atom. The van der Waals surface area contributed by atoms with Gasteiger partial charge in [0.1, 0.15) is 5.82 Å². The van der Waals surface area contributed by atoms with Crippen molar-refractivity contribution in [3.8, 4) is 0 Å². The predicted molar refractivity (Wildman–Crippen MR) is 95.5 cm³/mol. The van der Waals surface area contributed by atoms with Crippen molar-refractivity contribution in [2.45, 2.75) is 19.3 Å². The van der Waals surface area contributed by atoms with Crippen molar-refractivity contribution in [1.82, 2.24) is 10.2 Å². The second-order valence-electron chi connectivity index (χ2n) is 6.03. The fourth-order valence-electron chi connectivity index (χ4n) is 2.77. The van der Waals surface area contributed by atoms with Gasteiger partial charge in [-0.25, -0.2) is 9.18 Å². The lowest BCUT2D eigenvalue weighted by molar-refractivity contribution is -0.116. The smallest absolute Gasteiger partial charge is 0.359 e. The number of aromatic nitrogens is 2. The highest BCUT2D eigenvalue weighted by atomic mass is 19.1. The van der Waals surface area contributed by atoms with Crippen LogP contribution in [0, 0.1) is 5.82 Å². The molecule has 0 aliphatic carbocycles. The van der Waals surface area contributed by atoms with E-state index >= 15 is 0 Å². The Hall–Kier alpha value is -3.22. The molecule has 1 amide bonds. The topological polar surface area (TPSA) is 84.1 Å². The molecule has 7 heteroatoms. The first-order valence-electron chi connectivity index (χ1n) is 8.09. The molecule has 0 fully saturated rings. The molecule has 0 aliphatic heterocycles. The molecule has 134 valence electrons. The maximum atomic E-state index is 13.3. The van der Waals surface area contributed by atoms with E-state index in [1.54, 1.807) is 30.3 Å². The highest BCUT2D eigenvalue weighted by molar-refractivity contribution is 6.03. The molecule has 0 bridgehead atoms. The van der Waals surface area contributed by atoms with Crippen LogP contribution in [0.15, 0.2) is 42.5 Å². The van der Waals surface area contributed by atoms with Crippen LogP contribution in [0.4, 0.5) is 10.1 Å². The minimum atomic E-state index is -0.556. The van der Waals surface area contributed by atoms with Gasteiger partial charge in [-0.1, -0.05) is 19.1 Å². The molecule has 26 heavy (non-hydrogen) atoms. The van der Waals surface area contributed by atoms with Crippen LogP contribution in [0.3, 0.4) is 0 Å². The largest absolute Gasteiger partial charge is 0.464 e. The SMILES string of the molecule is COC(=O)c1n[nH]c2ccc(NC(=O)CC(C)c3cccc(F)c3)cc12. The molecule has 1 aromatic heterocycles. The second kappa shape index (κ2) is 7.35. The number of carbonyl (C=O) groups excluding carboxylic acids is 2. The van der Waals surface area contributed by atoms with Gasteiger partial charge in [0.15, 0.2) is 5.69 Å². The van der Waals surface area contributed by atoms with Crippen LogP contribution >= 0.6 is 0 Å². The van der Waals surface area contributed by atoms with E-state index in [9.17, 15) is 14.0 Å². The Morgan fingerprint density at radius 1 is 1.27 bits per heavy atom. The molecule has 0 aliphatic rings. The summed E-state index contributed by atoms with van der Waals surface area (Å²) in [7, 11) is 1.28. The molecular formula is C19H18FN3O3.